The van der Waals surface area contributed by atoms with Gasteiger partial charge in [0.2, 0.25) is 0 Å². The molecule has 0 heterocycles. The van der Waals surface area contributed by atoms with Crippen LogP contribution in [0.5, 0.6) is 5.75 Å². The van der Waals surface area contributed by atoms with Gasteiger partial charge in [-0.15, -0.1) is 0 Å². The predicted molar refractivity (Wildman–Crippen MR) is 88.0 cm³/mol. The Morgan fingerprint density at radius 2 is 2.00 bits per heavy atom. The minimum absolute atomic E-state index is 0.0557. The van der Waals surface area contributed by atoms with Crippen LogP contribution in [0.15, 0.2) is 24.3 Å². The number of carbonyl (C=O) groups is 1. The van der Waals surface area contributed by atoms with Crippen molar-refractivity contribution >= 4 is 6.03 Å². The summed E-state index contributed by atoms with van der Waals surface area (Å²) in [4.78, 5) is 12.0. The number of hydrogen-bond acceptors (Lipinski definition) is 3. The Morgan fingerprint density at radius 1 is 1.27 bits per heavy atom. The molecule has 2 atom stereocenters. The lowest BCUT2D eigenvalue weighted by Crippen LogP contribution is -2.45. The molecule has 0 aliphatic carbocycles. The number of rotatable bonds is 8. The number of amides is 2. The topological polar surface area (TPSA) is 70.6 Å². The average Bonchev–Trinajstić information content (AvgIpc) is 2.46. The zero-order valence-corrected chi connectivity index (χ0v) is 13.9. The van der Waals surface area contributed by atoms with Crippen molar-refractivity contribution in [2.24, 2.45) is 5.92 Å². The number of aliphatic hydroxyl groups is 1. The van der Waals surface area contributed by atoms with Crippen molar-refractivity contribution in [1.29, 1.82) is 0 Å². The summed E-state index contributed by atoms with van der Waals surface area (Å²) in [6.07, 6.45) is 0.748. The predicted octanol–water partition coefficient (Wildman–Crippen LogP) is 2.85. The molecule has 1 aromatic rings. The fraction of sp³-hybridized carbons (Fsp3) is 0.588. The van der Waals surface area contributed by atoms with Crippen LogP contribution in [0.2, 0.25) is 0 Å². The third-order valence-corrected chi connectivity index (χ3v) is 3.33. The molecule has 0 saturated heterocycles. The number of nitrogens with one attached hydrogen (secondary N) is 2. The van der Waals surface area contributed by atoms with Crippen LogP contribution in [0.4, 0.5) is 4.79 Å². The molecule has 0 aromatic heterocycles. The number of hydrogen-bond donors (Lipinski definition) is 3. The molecular weight excluding hydrogens is 280 g/mol. The van der Waals surface area contributed by atoms with E-state index in [1.807, 2.05) is 38.1 Å². The van der Waals surface area contributed by atoms with Gasteiger partial charge in [0.05, 0.1) is 25.3 Å². The Bertz CT molecular complexity index is 463. The minimum atomic E-state index is -0.269. The largest absolute Gasteiger partial charge is 0.494 e. The average molecular weight is 308 g/mol. The molecule has 2 unspecified atom stereocenters. The van der Waals surface area contributed by atoms with Crippen molar-refractivity contribution < 1.29 is 14.6 Å². The van der Waals surface area contributed by atoms with Gasteiger partial charge < -0.3 is 20.5 Å². The molecular formula is C17H28N2O3. The zero-order valence-electron chi connectivity index (χ0n) is 13.9. The van der Waals surface area contributed by atoms with Crippen LogP contribution in [0, 0.1) is 5.92 Å². The molecule has 0 aliphatic rings. The summed E-state index contributed by atoms with van der Waals surface area (Å²) in [5, 5.41) is 15.0. The molecule has 0 bridgehead atoms. The van der Waals surface area contributed by atoms with Gasteiger partial charge in [-0.25, -0.2) is 4.79 Å². The van der Waals surface area contributed by atoms with E-state index in [2.05, 4.69) is 24.5 Å². The zero-order chi connectivity index (χ0) is 16.5. The fourth-order valence-corrected chi connectivity index (χ4v) is 2.30. The van der Waals surface area contributed by atoms with Gasteiger partial charge in [0, 0.05) is 0 Å². The third kappa shape index (κ3) is 6.35. The van der Waals surface area contributed by atoms with Gasteiger partial charge in [-0.1, -0.05) is 26.0 Å². The Morgan fingerprint density at radius 3 is 2.59 bits per heavy atom. The van der Waals surface area contributed by atoms with Crippen molar-refractivity contribution in [3.63, 3.8) is 0 Å². The number of carbonyl (C=O) groups excluding carboxylic acids is 1. The summed E-state index contributed by atoms with van der Waals surface area (Å²) in [6, 6.07) is 7.04. The van der Waals surface area contributed by atoms with Crippen molar-refractivity contribution in [3.05, 3.63) is 29.8 Å². The van der Waals surface area contributed by atoms with Crippen molar-refractivity contribution in [1.82, 2.24) is 10.6 Å². The summed E-state index contributed by atoms with van der Waals surface area (Å²) in [5.41, 5.74) is 0.977. The molecule has 124 valence electrons. The molecule has 0 spiro atoms. The van der Waals surface area contributed by atoms with E-state index in [9.17, 15) is 9.90 Å². The van der Waals surface area contributed by atoms with Gasteiger partial charge >= 0.3 is 6.03 Å². The molecule has 2 amide bonds. The van der Waals surface area contributed by atoms with Crippen LogP contribution in [-0.4, -0.2) is 30.4 Å². The van der Waals surface area contributed by atoms with Crippen molar-refractivity contribution in [2.75, 3.05) is 13.2 Å². The molecule has 0 saturated carbocycles. The van der Waals surface area contributed by atoms with Crippen LogP contribution >= 0.6 is 0 Å². The summed E-state index contributed by atoms with van der Waals surface area (Å²) >= 11 is 0. The fourth-order valence-electron chi connectivity index (χ4n) is 2.30. The molecule has 1 rings (SSSR count). The molecule has 0 aliphatic heterocycles. The second-order valence-electron chi connectivity index (χ2n) is 5.85. The molecule has 3 N–H and O–H groups in total. The van der Waals surface area contributed by atoms with E-state index >= 15 is 0 Å². The van der Waals surface area contributed by atoms with Gasteiger partial charge in [0.1, 0.15) is 5.75 Å². The van der Waals surface area contributed by atoms with Crippen LogP contribution in [-0.2, 0) is 0 Å². The number of benzene rings is 1. The SMILES string of the molecule is CCOc1cccc(C(C)NC(=O)NC(CO)CC(C)C)c1. The maximum Gasteiger partial charge on any atom is 0.315 e. The maximum atomic E-state index is 12.0. The van der Waals surface area contributed by atoms with Gasteiger partial charge in [-0.2, -0.15) is 0 Å². The van der Waals surface area contributed by atoms with E-state index < -0.39 is 0 Å². The highest BCUT2D eigenvalue weighted by Gasteiger charge is 2.15. The van der Waals surface area contributed by atoms with Crippen LogP contribution in [0.3, 0.4) is 0 Å². The number of ether oxygens (including phenoxy) is 1. The Labute approximate surface area is 133 Å². The normalized spacial score (nSPS) is 13.5. The van der Waals surface area contributed by atoms with Crippen molar-refractivity contribution in [3.8, 4) is 5.75 Å². The highest BCUT2D eigenvalue weighted by molar-refractivity contribution is 5.74. The summed E-state index contributed by atoms with van der Waals surface area (Å²) in [7, 11) is 0. The lowest BCUT2D eigenvalue weighted by molar-refractivity contribution is 0.205. The second kappa shape index (κ2) is 9.30. The third-order valence-electron chi connectivity index (χ3n) is 3.33. The van der Waals surface area contributed by atoms with E-state index in [1.165, 1.54) is 0 Å². The Balaban J connectivity index is 2.57. The highest BCUT2D eigenvalue weighted by Crippen LogP contribution is 2.19. The van der Waals surface area contributed by atoms with Crippen LogP contribution in [0.25, 0.3) is 0 Å². The highest BCUT2D eigenvalue weighted by atomic mass is 16.5. The van der Waals surface area contributed by atoms with Gasteiger partial charge in [-0.05, 0) is 43.9 Å². The van der Waals surface area contributed by atoms with Gasteiger partial charge in [-0.3, -0.25) is 0 Å². The quantitative estimate of drug-likeness (QED) is 0.691. The van der Waals surface area contributed by atoms with E-state index in [0.29, 0.717) is 12.5 Å². The van der Waals surface area contributed by atoms with Crippen LogP contribution < -0.4 is 15.4 Å². The number of urea groups is 1. The Hall–Kier alpha value is -1.75. The van der Waals surface area contributed by atoms with E-state index in [0.717, 1.165) is 17.7 Å². The molecule has 22 heavy (non-hydrogen) atoms. The first-order valence-electron chi connectivity index (χ1n) is 7.86. The monoisotopic (exact) mass is 308 g/mol. The second-order valence-corrected chi connectivity index (χ2v) is 5.85. The van der Waals surface area contributed by atoms with Gasteiger partial charge in [0.15, 0.2) is 0 Å². The first kappa shape index (κ1) is 18.3. The van der Waals surface area contributed by atoms with Crippen molar-refractivity contribution in [2.45, 2.75) is 46.2 Å². The summed E-state index contributed by atoms with van der Waals surface area (Å²) in [6.45, 7) is 8.53. The standard InChI is InChI=1S/C17H28N2O3/c1-5-22-16-8-6-7-14(10-16)13(4)18-17(21)19-15(11-20)9-12(2)3/h6-8,10,12-13,15,20H,5,9,11H2,1-4H3,(H2,18,19,21). The van der Waals surface area contributed by atoms with E-state index in [4.69, 9.17) is 4.74 Å². The molecule has 5 nitrogen and oxygen atoms in total. The van der Waals surface area contributed by atoms with E-state index in [-0.39, 0.29) is 24.7 Å². The lowest BCUT2D eigenvalue weighted by Gasteiger charge is -2.21. The molecule has 5 heteroatoms. The molecule has 1 aromatic carbocycles. The summed E-state index contributed by atoms with van der Waals surface area (Å²) < 4.78 is 5.47. The first-order chi connectivity index (χ1) is 10.5. The molecule has 0 radical (unpaired) electrons. The first-order valence-corrected chi connectivity index (χ1v) is 7.86. The van der Waals surface area contributed by atoms with E-state index in [1.54, 1.807) is 0 Å². The Kier molecular flexibility index (Phi) is 7.74. The summed E-state index contributed by atoms with van der Waals surface area (Å²) in [5.74, 6) is 1.21. The minimum Gasteiger partial charge on any atom is -0.494 e. The smallest absolute Gasteiger partial charge is 0.315 e. The number of aliphatic hydroxyl groups excluding tert-OH is 1. The molecule has 0 fully saturated rings. The maximum absolute atomic E-state index is 12.0. The van der Waals surface area contributed by atoms with Gasteiger partial charge in [0.25, 0.3) is 0 Å². The van der Waals surface area contributed by atoms with Crippen LogP contribution in [0.1, 0.15) is 45.7 Å². The lowest BCUT2D eigenvalue weighted by atomic mass is 10.0.